The first-order valence-corrected chi connectivity index (χ1v) is 17.0. The fourth-order valence-corrected chi connectivity index (χ4v) is 7.21. The van der Waals surface area contributed by atoms with E-state index >= 15 is 0 Å². The minimum atomic E-state index is -3.54. The number of nitrogens with zero attached hydrogens (tertiary/aromatic N) is 8. The summed E-state index contributed by atoms with van der Waals surface area (Å²) in [6.45, 7) is 0.351. The van der Waals surface area contributed by atoms with Crippen molar-refractivity contribution in [2.24, 2.45) is 0 Å². The van der Waals surface area contributed by atoms with Crippen molar-refractivity contribution < 1.29 is 26.0 Å². The molecule has 2 aliphatic carbocycles. The first-order valence-electron chi connectivity index (χ1n) is 15.4. The third-order valence-electron chi connectivity index (χ3n) is 8.66. The van der Waals surface area contributed by atoms with Crippen molar-refractivity contribution in [1.82, 2.24) is 34.3 Å². The number of halogens is 4. The van der Waals surface area contributed by atoms with Crippen molar-refractivity contribution in [3.8, 4) is 22.6 Å². The summed E-state index contributed by atoms with van der Waals surface area (Å²) in [4.78, 5) is 15.1. The second kappa shape index (κ2) is 12.0. The van der Waals surface area contributed by atoms with Crippen molar-refractivity contribution in [3.05, 3.63) is 49.1 Å². The van der Waals surface area contributed by atoms with E-state index in [4.69, 9.17) is 0 Å². The van der Waals surface area contributed by atoms with Gasteiger partial charge in [-0.15, -0.1) is 10.2 Å². The highest BCUT2D eigenvalue weighted by Gasteiger charge is 2.38. The van der Waals surface area contributed by atoms with Crippen molar-refractivity contribution in [1.29, 1.82) is 0 Å². The smallest absolute Gasteiger partial charge is 0.256 e. The lowest BCUT2D eigenvalue weighted by Gasteiger charge is -2.32. The van der Waals surface area contributed by atoms with Gasteiger partial charge in [0.25, 0.3) is 15.9 Å². The molecule has 3 aliphatic rings. The molecule has 0 atom stereocenters. The molecule has 0 unspecified atom stereocenters. The summed E-state index contributed by atoms with van der Waals surface area (Å²) >= 11 is 0. The van der Waals surface area contributed by atoms with Crippen LogP contribution in [0.25, 0.3) is 22.6 Å². The molecule has 47 heavy (non-hydrogen) atoms. The van der Waals surface area contributed by atoms with Gasteiger partial charge in [-0.3, -0.25) is 0 Å². The van der Waals surface area contributed by atoms with Crippen molar-refractivity contribution in [2.75, 3.05) is 28.6 Å². The number of anilines is 4. The van der Waals surface area contributed by atoms with Crippen LogP contribution in [-0.2, 0) is 10.0 Å². The Bertz CT molecular complexity index is 1850. The Morgan fingerprint density at radius 1 is 0.851 bits per heavy atom. The third-order valence-corrected chi connectivity index (χ3v) is 10.7. The number of rotatable bonds is 9. The van der Waals surface area contributed by atoms with E-state index in [9.17, 15) is 26.0 Å². The highest BCUT2D eigenvalue weighted by molar-refractivity contribution is 7.90. The number of aromatic nitrogens is 7. The average Bonchev–Trinajstić information content (AvgIpc) is 3.79. The summed E-state index contributed by atoms with van der Waals surface area (Å²) in [5.74, 6) is -3.83. The minimum absolute atomic E-state index is 0.175. The fourth-order valence-electron chi connectivity index (χ4n) is 5.73. The normalized spacial score (nSPS) is 19.8. The van der Waals surface area contributed by atoms with Gasteiger partial charge in [0.05, 0.1) is 28.9 Å². The van der Waals surface area contributed by atoms with E-state index in [-0.39, 0.29) is 63.5 Å². The van der Waals surface area contributed by atoms with Gasteiger partial charge in [0.15, 0.2) is 11.6 Å². The monoisotopic (exact) mass is 672 g/mol. The van der Waals surface area contributed by atoms with Crippen molar-refractivity contribution in [3.63, 3.8) is 0 Å². The first kappa shape index (κ1) is 31.2. The standard InChI is InChI=1S/C30H32F4N10O2S/c31-29(32)8-5-20(6-9-29)38-24-15-26(36-17-22(24)23-3-4-27(42-41-23)43-13-10-30(33,34)11-14-43)39-25-7-12-35-28(40-25)19-16-37-44(18-19)47(45,46)21-1-2-21/h3-4,7,12,15-18,20-21H,1-2,5-6,8-11,13-14H2,(H2,35,36,38,39,40). The molecule has 7 rings (SSSR count). The summed E-state index contributed by atoms with van der Waals surface area (Å²) in [5.41, 5.74) is 2.09. The lowest BCUT2D eigenvalue weighted by atomic mass is 9.92. The molecule has 1 saturated heterocycles. The predicted octanol–water partition coefficient (Wildman–Crippen LogP) is 5.50. The first-order chi connectivity index (χ1) is 22.4. The molecule has 5 heterocycles. The van der Waals surface area contributed by atoms with Crippen LogP contribution in [0, 0.1) is 0 Å². The highest BCUT2D eigenvalue weighted by atomic mass is 32.2. The van der Waals surface area contributed by atoms with Crippen LogP contribution < -0.4 is 15.5 Å². The molecule has 17 heteroatoms. The molecule has 4 aromatic heterocycles. The van der Waals surface area contributed by atoms with E-state index < -0.39 is 27.1 Å². The Hall–Kier alpha value is -4.41. The van der Waals surface area contributed by atoms with Gasteiger partial charge in [0.1, 0.15) is 11.6 Å². The van der Waals surface area contributed by atoms with Crippen LogP contribution in [-0.4, -0.2) is 79.0 Å². The van der Waals surface area contributed by atoms with E-state index in [0.717, 1.165) is 4.09 Å². The fraction of sp³-hybridized carbons (Fsp3) is 0.467. The molecule has 0 radical (unpaired) electrons. The summed E-state index contributed by atoms with van der Waals surface area (Å²) in [5, 5.41) is 18.8. The number of hydrogen-bond acceptors (Lipinski definition) is 11. The molecule has 1 aliphatic heterocycles. The maximum absolute atomic E-state index is 13.9. The summed E-state index contributed by atoms with van der Waals surface area (Å²) in [6.07, 6.45) is 6.75. The second-order valence-electron chi connectivity index (χ2n) is 12.2. The number of nitrogens with one attached hydrogen (secondary N) is 2. The van der Waals surface area contributed by atoms with E-state index in [2.05, 4.69) is 40.9 Å². The minimum Gasteiger partial charge on any atom is -0.382 e. The SMILES string of the molecule is O=S(=O)(C1CC1)n1cc(-c2nccc(Nc3cc(NC4CCC(F)(F)CC4)c(-c4ccc(N5CCC(F)(F)CC5)nn4)cn3)n2)cn1. The number of hydrogen-bond donors (Lipinski definition) is 2. The average molecular weight is 673 g/mol. The van der Waals surface area contributed by atoms with E-state index in [0.29, 0.717) is 52.8 Å². The molecule has 0 bridgehead atoms. The molecule has 0 spiro atoms. The molecular formula is C30H32F4N10O2S. The molecule has 12 nitrogen and oxygen atoms in total. The maximum atomic E-state index is 13.9. The van der Waals surface area contributed by atoms with Crippen LogP contribution in [0.1, 0.15) is 51.4 Å². The topological polar surface area (TPSA) is 144 Å². The van der Waals surface area contributed by atoms with Gasteiger partial charge in [0.2, 0.25) is 5.92 Å². The molecule has 0 aromatic carbocycles. The van der Waals surface area contributed by atoms with Gasteiger partial charge in [0, 0.05) is 74.5 Å². The van der Waals surface area contributed by atoms with Crippen LogP contribution in [0.5, 0.6) is 0 Å². The summed E-state index contributed by atoms with van der Waals surface area (Å²) in [6, 6.07) is 6.61. The second-order valence-corrected chi connectivity index (χ2v) is 14.3. The lowest BCUT2D eigenvalue weighted by molar-refractivity contribution is -0.0361. The van der Waals surface area contributed by atoms with Crippen molar-refractivity contribution in [2.45, 2.75) is 74.5 Å². The van der Waals surface area contributed by atoms with Gasteiger partial charge in [-0.25, -0.2) is 40.9 Å². The van der Waals surface area contributed by atoms with Gasteiger partial charge in [-0.1, -0.05) is 0 Å². The van der Waals surface area contributed by atoms with Crippen LogP contribution in [0.4, 0.5) is 40.7 Å². The van der Waals surface area contributed by atoms with Crippen LogP contribution in [0.3, 0.4) is 0 Å². The Balaban J connectivity index is 1.13. The van der Waals surface area contributed by atoms with Gasteiger partial charge in [-0.2, -0.15) is 9.19 Å². The van der Waals surface area contributed by atoms with E-state index in [1.807, 2.05) is 0 Å². The number of piperidine rings is 1. The van der Waals surface area contributed by atoms with Crippen LogP contribution >= 0.6 is 0 Å². The number of pyridine rings is 1. The Morgan fingerprint density at radius 2 is 1.60 bits per heavy atom. The quantitative estimate of drug-likeness (QED) is 0.218. The summed E-state index contributed by atoms with van der Waals surface area (Å²) in [7, 11) is -3.54. The molecule has 4 aromatic rings. The largest absolute Gasteiger partial charge is 0.382 e. The molecule has 2 saturated carbocycles. The molecule has 0 amide bonds. The molecule has 3 fully saturated rings. The Labute approximate surface area is 268 Å². The molecule has 248 valence electrons. The van der Waals surface area contributed by atoms with Gasteiger partial charge >= 0.3 is 0 Å². The molecular weight excluding hydrogens is 640 g/mol. The summed E-state index contributed by atoms with van der Waals surface area (Å²) < 4.78 is 81.1. The lowest BCUT2D eigenvalue weighted by Crippen LogP contribution is -2.39. The van der Waals surface area contributed by atoms with Crippen LogP contribution in [0.2, 0.25) is 0 Å². The molecule has 2 N–H and O–H groups in total. The van der Waals surface area contributed by atoms with E-state index in [1.54, 1.807) is 35.4 Å². The Morgan fingerprint density at radius 3 is 2.30 bits per heavy atom. The predicted molar refractivity (Wildman–Crippen MR) is 166 cm³/mol. The third kappa shape index (κ3) is 6.99. The zero-order chi connectivity index (χ0) is 32.8. The highest BCUT2D eigenvalue weighted by Crippen LogP contribution is 2.37. The zero-order valence-electron chi connectivity index (χ0n) is 25.2. The zero-order valence-corrected chi connectivity index (χ0v) is 26.0. The number of alkyl halides is 4. The van der Waals surface area contributed by atoms with Crippen molar-refractivity contribution >= 4 is 33.2 Å². The van der Waals surface area contributed by atoms with Crippen LogP contribution in [0.15, 0.2) is 49.1 Å². The van der Waals surface area contributed by atoms with Gasteiger partial charge in [-0.05, 0) is 43.9 Å². The van der Waals surface area contributed by atoms with E-state index in [1.165, 1.54) is 18.6 Å². The maximum Gasteiger partial charge on any atom is 0.256 e. The van der Waals surface area contributed by atoms with Gasteiger partial charge < -0.3 is 15.5 Å². The Kier molecular flexibility index (Phi) is 7.96.